The Kier molecular flexibility index (Phi) is 4.39. The minimum Gasteiger partial charge on any atom is -0.291 e. The second-order valence-electron chi connectivity index (χ2n) is 10.0. The lowest BCUT2D eigenvalue weighted by molar-refractivity contribution is 1.25. The summed E-state index contributed by atoms with van der Waals surface area (Å²) in [5.41, 5.74) is 8.02. The SMILES string of the molecule is c1ccc2c(c1)nc1c3sc4ccccc4c3cc(-c3ccc(-c4ccc5sc6ccccc6c5c4)cc3)n21. The molecule has 0 unspecified atom stereocenters. The molecule has 4 aromatic heterocycles. The van der Waals surface area contributed by atoms with Crippen molar-refractivity contribution in [3.63, 3.8) is 0 Å². The molecular weight excluding hydrogens is 513 g/mol. The van der Waals surface area contributed by atoms with Crippen LogP contribution in [0.4, 0.5) is 0 Å². The Morgan fingerprint density at radius 2 is 1.13 bits per heavy atom. The van der Waals surface area contributed by atoms with Gasteiger partial charge in [0.25, 0.3) is 0 Å². The molecule has 0 saturated heterocycles. The Balaban J connectivity index is 1.26. The van der Waals surface area contributed by atoms with E-state index in [1.54, 1.807) is 0 Å². The van der Waals surface area contributed by atoms with Crippen molar-refractivity contribution >= 4 is 79.7 Å². The van der Waals surface area contributed by atoms with E-state index in [0.717, 1.165) is 16.7 Å². The first-order chi connectivity index (χ1) is 19.3. The summed E-state index contributed by atoms with van der Waals surface area (Å²) in [5, 5.41) is 5.23. The van der Waals surface area contributed by atoms with E-state index in [0.29, 0.717) is 0 Å². The first kappa shape index (κ1) is 21.4. The summed E-state index contributed by atoms with van der Waals surface area (Å²) in [6.07, 6.45) is 0. The topological polar surface area (TPSA) is 17.3 Å². The highest BCUT2D eigenvalue weighted by atomic mass is 32.1. The number of hydrogen-bond donors (Lipinski definition) is 0. The van der Waals surface area contributed by atoms with E-state index >= 15 is 0 Å². The molecule has 0 radical (unpaired) electrons. The van der Waals surface area contributed by atoms with Crippen molar-refractivity contribution in [2.75, 3.05) is 0 Å². The van der Waals surface area contributed by atoms with Gasteiger partial charge in [-0.15, -0.1) is 22.7 Å². The molecule has 0 aliphatic heterocycles. The molecule has 4 heterocycles. The molecule has 9 rings (SSSR count). The molecule has 0 spiro atoms. The fourth-order valence-corrected chi connectivity index (χ4v) is 8.20. The van der Waals surface area contributed by atoms with Crippen molar-refractivity contribution in [1.29, 1.82) is 0 Å². The molecule has 0 saturated carbocycles. The van der Waals surface area contributed by atoms with Gasteiger partial charge in [0, 0.05) is 35.6 Å². The quantitative estimate of drug-likeness (QED) is 0.216. The lowest BCUT2D eigenvalue weighted by atomic mass is 10.00. The van der Waals surface area contributed by atoms with E-state index in [1.165, 1.54) is 62.7 Å². The highest BCUT2D eigenvalue weighted by Crippen LogP contribution is 2.41. The maximum atomic E-state index is 5.11. The second kappa shape index (κ2) is 8.00. The maximum absolute atomic E-state index is 5.11. The first-order valence-electron chi connectivity index (χ1n) is 13.1. The van der Waals surface area contributed by atoms with Gasteiger partial charge in [0.15, 0.2) is 5.65 Å². The zero-order valence-electron chi connectivity index (χ0n) is 20.8. The van der Waals surface area contributed by atoms with Crippen LogP contribution in [0.3, 0.4) is 0 Å². The number of rotatable bonds is 2. The molecule has 0 bridgehead atoms. The molecule has 0 fully saturated rings. The number of para-hydroxylation sites is 2. The van der Waals surface area contributed by atoms with E-state index in [4.69, 9.17) is 4.98 Å². The van der Waals surface area contributed by atoms with Crippen molar-refractivity contribution in [3.8, 4) is 22.4 Å². The number of imidazole rings is 1. The Morgan fingerprint density at radius 1 is 0.487 bits per heavy atom. The first-order valence-corrected chi connectivity index (χ1v) is 14.7. The lowest BCUT2D eigenvalue weighted by Crippen LogP contribution is -1.93. The molecule has 182 valence electrons. The van der Waals surface area contributed by atoms with Gasteiger partial charge in [-0.25, -0.2) is 4.98 Å². The normalized spacial score (nSPS) is 12.1. The van der Waals surface area contributed by atoms with Crippen LogP contribution in [0.5, 0.6) is 0 Å². The minimum absolute atomic E-state index is 1.02. The molecular formula is C35H20N2S2. The van der Waals surface area contributed by atoms with Crippen LogP contribution in [0.1, 0.15) is 0 Å². The third kappa shape index (κ3) is 3.10. The highest BCUT2D eigenvalue weighted by Gasteiger charge is 2.17. The third-order valence-corrected chi connectivity index (χ3v) is 10.1. The molecule has 39 heavy (non-hydrogen) atoms. The van der Waals surface area contributed by atoms with Crippen molar-refractivity contribution in [2.24, 2.45) is 0 Å². The van der Waals surface area contributed by atoms with Crippen molar-refractivity contribution in [3.05, 3.63) is 121 Å². The van der Waals surface area contributed by atoms with Crippen LogP contribution < -0.4 is 0 Å². The third-order valence-electron chi connectivity index (χ3n) is 7.81. The van der Waals surface area contributed by atoms with Gasteiger partial charge in [-0.2, -0.15) is 0 Å². The summed E-state index contributed by atoms with van der Waals surface area (Å²) in [7, 11) is 0. The van der Waals surface area contributed by atoms with Gasteiger partial charge in [0.05, 0.1) is 21.4 Å². The van der Waals surface area contributed by atoms with Gasteiger partial charge in [-0.3, -0.25) is 4.40 Å². The van der Waals surface area contributed by atoms with Crippen molar-refractivity contribution < 1.29 is 0 Å². The summed E-state index contributed by atoms with van der Waals surface area (Å²) < 4.78 is 7.55. The van der Waals surface area contributed by atoms with E-state index < -0.39 is 0 Å². The number of thiophene rings is 2. The van der Waals surface area contributed by atoms with Gasteiger partial charge in [0.2, 0.25) is 0 Å². The summed E-state index contributed by atoms with van der Waals surface area (Å²) in [4.78, 5) is 5.11. The van der Waals surface area contributed by atoms with Crippen LogP contribution in [0.2, 0.25) is 0 Å². The molecule has 2 nitrogen and oxygen atoms in total. The fraction of sp³-hybridized carbons (Fsp3) is 0. The largest absolute Gasteiger partial charge is 0.291 e. The molecule has 0 atom stereocenters. The standard InChI is InChI=1S/C35H20N2S2/c1-5-11-31-24(7-1)26-19-23(17-18-33(26)38-31)21-13-15-22(16-14-21)30-20-27-25-8-2-6-12-32(25)39-34(27)35-36-28-9-3-4-10-29(28)37(30)35/h1-20H. The number of fused-ring (bicyclic) bond motifs is 10. The molecule has 4 heteroatoms. The van der Waals surface area contributed by atoms with Crippen LogP contribution in [0.25, 0.3) is 79.4 Å². The number of hydrogen-bond acceptors (Lipinski definition) is 3. The molecule has 9 aromatic rings. The summed E-state index contributed by atoms with van der Waals surface area (Å²) in [5.74, 6) is 0. The van der Waals surface area contributed by atoms with Crippen molar-refractivity contribution in [2.45, 2.75) is 0 Å². The van der Waals surface area contributed by atoms with Gasteiger partial charge < -0.3 is 0 Å². The summed E-state index contributed by atoms with van der Waals surface area (Å²) in [6.45, 7) is 0. The van der Waals surface area contributed by atoms with E-state index in [9.17, 15) is 0 Å². The average molecular weight is 533 g/mol. The number of pyridine rings is 1. The Morgan fingerprint density at radius 3 is 1.97 bits per heavy atom. The van der Waals surface area contributed by atoms with Crippen LogP contribution in [0, 0.1) is 0 Å². The fourth-order valence-electron chi connectivity index (χ4n) is 5.95. The number of benzene rings is 5. The lowest BCUT2D eigenvalue weighted by Gasteiger charge is -2.10. The molecule has 0 amide bonds. The van der Waals surface area contributed by atoms with Crippen LogP contribution >= 0.6 is 22.7 Å². The van der Waals surface area contributed by atoms with Crippen molar-refractivity contribution in [1.82, 2.24) is 9.38 Å². The van der Waals surface area contributed by atoms with Gasteiger partial charge >= 0.3 is 0 Å². The van der Waals surface area contributed by atoms with E-state index in [2.05, 4.69) is 126 Å². The number of nitrogens with zero attached hydrogens (tertiary/aromatic N) is 2. The van der Waals surface area contributed by atoms with Gasteiger partial charge in [-0.1, -0.05) is 78.9 Å². The molecule has 5 aromatic carbocycles. The zero-order valence-corrected chi connectivity index (χ0v) is 22.4. The van der Waals surface area contributed by atoms with Gasteiger partial charge in [0.1, 0.15) is 0 Å². The van der Waals surface area contributed by atoms with E-state index in [1.807, 2.05) is 22.7 Å². The van der Waals surface area contributed by atoms with E-state index in [-0.39, 0.29) is 0 Å². The summed E-state index contributed by atoms with van der Waals surface area (Å²) in [6, 6.07) is 44.1. The maximum Gasteiger partial charge on any atom is 0.156 e. The smallest absolute Gasteiger partial charge is 0.156 e. The monoisotopic (exact) mass is 532 g/mol. The second-order valence-corrected chi connectivity index (χ2v) is 12.2. The molecule has 0 aliphatic rings. The Labute approximate surface area is 232 Å². The van der Waals surface area contributed by atoms with Crippen LogP contribution in [-0.2, 0) is 0 Å². The molecule has 0 N–H and O–H groups in total. The average Bonchev–Trinajstić information content (AvgIpc) is 3.68. The minimum atomic E-state index is 1.02. The van der Waals surface area contributed by atoms with Gasteiger partial charge in [-0.05, 0) is 59.2 Å². The summed E-state index contributed by atoms with van der Waals surface area (Å²) >= 11 is 3.69. The molecule has 0 aliphatic carbocycles. The van der Waals surface area contributed by atoms with Crippen LogP contribution in [0.15, 0.2) is 121 Å². The number of aromatic nitrogens is 2. The predicted octanol–water partition coefficient (Wildman–Crippen LogP) is 10.6. The Bertz CT molecular complexity index is 2390. The Hall–Kier alpha value is -4.51. The highest BCUT2D eigenvalue weighted by molar-refractivity contribution is 7.26. The van der Waals surface area contributed by atoms with Crippen LogP contribution in [-0.4, -0.2) is 9.38 Å². The predicted molar refractivity (Wildman–Crippen MR) is 169 cm³/mol. The zero-order chi connectivity index (χ0) is 25.5.